The van der Waals surface area contributed by atoms with Crippen molar-refractivity contribution in [3.8, 4) is 5.75 Å². The molecule has 0 saturated carbocycles. The molecule has 0 radical (unpaired) electrons. The van der Waals surface area contributed by atoms with Gasteiger partial charge in [-0.05, 0) is 36.4 Å². The normalized spacial score (nSPS) is 11.4. The van der Waals surface area contributed by atoms with Gasteiger partial charge in [-0.3, -0.25) is 0 Å². The number of rotatable bonds is 4. The quantitative estimate of drug-likeness (QED) is 0.365. The van der Waals surface area contributed by atoms with Crippen molar-refractivity contribution in [3.05, 3.63) is 54.0 Å². The third kappa shape index (κ3) is 2.78. The van der Waals surface area contributed by atoms with Crippen molar-refractivity contribution in [2.45, 2.75) is 6.61 Å². The Morgan fingerprint density at radius 1 is 1.29 bits per heavy atom. The Labute approximate surface area is 98.1 Å². The van der Waals surface area contributed by atoms with Crippen LogP contribution in [-0.4, -0.2) is 11.0 Å². The monoisotopic (exact) mass is 232 g/mol. The number of nitrogens with zero attached hydrogens (tertiary/aromatic N) is 1. The summed E-state index contributed by atoms with van der Waals surface area (Å²) in [6, 6.07) is 10.6. The van der Waals surface area contributed by atoms with E-state index in [2.05, 4.69) is 5.16 Å². The molecule has 1 aromatic carbocycles. The summed E-state index contributed by atoms with van der Waals surface area (Å²) >= 11 is 0. The van der Waals surface area contributed by atoms with Crippen LogP contribution in [0.2, 0.25) is 0 Å². The second-order valence-electron chi connectivity index (χ2n) is 3.38. The van der Waals surface area contributed by atoms with Crippen LogP contribution in [0.3, 0.4) is 0 Å². The van der Waals surface area contributed by atoms with Crippen LogP contribution in [0.4, 0.5) is 0 Å². The summed E-state index contributed by atoms with van der Waals surface area (Å²) in [4.78, 5) is 0. The summed E-state index contributed by atoms with van der Waals surface area (Å²) in [5, 5.41) is 11.4. The third-order valence-corrected chi connectivity index (χ3v) is 2.22. The van der Waals surface area contributed by atoms with Gasteiger partial charge in [0.05, 0.1) is 6.26 Å². The van der Waals surface area contributed by atoms with E-state index in [0.29, 0.717) is 17.9 Å². The third-order valence-electron chi connectivity index (χ3n) is 2.22. The molecule has 2 rings (SSSR count). The summed E-state index contributed by atoms with van der Waals surface area (Å²) in [5.74, 6) is 1.52. The van der Waals surface area contributed by atoms with Crippen molar-refractivity contribution in [1.82, 2.24) is 0 Å². The van der Waals surface area contributed by atoms with Crippen LogP contribution in [0, 0.1) is 0 Å². The fourth-order valence-corrected chi connectivity index (χ4v) is 1.33. The zero-order valence-corrected chi connectivity index (χ0v) is 9.04. The lowest BCUT2D eigenvalue weighted by molar-refractivity contribution is 0.270. The van der Waals surface area contributed by atoms with Gasteiger partial charge in [-0.1, -0.05) is 5.16 Å². The lowest BCUT2D eigenvalue weighted by Crippen LogP contribution is -2.12. The van der Waals surface area contributed by atoms with Crippen molar-refractivity contribution in [3.63, 3.8) is 0 Å². The van der Waals surface area contributed by atoms with E-state index in [1.807, 2.05) is 6.07 Å². The minimum Gasteiger partial charge on any atom is -0.486 e. The molecule has 0 saturated heterocycles. The first kappa shape index (κ1) is 11.1. The highest BCUT2D eigenvalue weighted by molar-refractivity contribution is 5.97. The van der Waals surface area contributed by atoms with Crippen LogP contribution in [0.25, 0.3) is 0 Å². The van der Waals surface area contributed by atoms with Crippen molar-refractivity contribution in [1.29, 1.82) is 0 Å². The van der Waals surface area contributed by atoms with E-state index in [-0.39, 0.29) is 5.84 Å². The standard InChI is InChI=1S/C12H12N2O3/c13-12(14-15)9-3-5-10(6-4-9)17-8-11-2-1-7-16-11/h1-7,15H,8H2,(H2,13,14). The van der Waals surface area contributed by atoms with Gasteiger partial charge in [0.2, 0.25) is 0 Å². The van der Waals surface area contributed by atoms with E-state index >= 15 is 0 Å². The number of hydrogen-bond donors (Lipinski definition) is 2. The molecule has 5 nitrogen and oxygen atoms in total. The van der Waals surface area contributed by atoms with E-state index in [1.54, 1.807) is 36.6 Å². The minimum absolute atomic E-state index is 0.0718. The molecule has 0 amide bonds. The van der Waals surface area contributed by atoms with Crippen LogP contribution in [0.15, 0.2) is 52.2 Å². The highest BCUT2D eigenvalue weighted by Crippen LogP contribution is 2.14. The molecule has 0 aliphatic heterocycles. The maximum absolute atomic E-state index is 8.51. The maximum atomic E-state index is 8.51. The Bertz CT molecular complexity index is 489. The molecular formula is C12H12N2O3. The number of benzene rings is 1. The van der Waals surface area contributed by atoms with Gasteiger partial charge >= 0.3 is 0 Å². The molecule has 17 heavy (non-hydrogen) atoms. The molecular weight excluding hydrogens is 220 g/mol. The van der Waals surface area contributed by atoms with Gasteiger partial charge in [-0.15, -0.1) is 0 Å². The van der Waals surface area contributed by atoms with Gasteiger partial charge < -0.3 is 20.1 Å². The molecule has 1 aromatic heterocycles. The second kappa shape index (κ2) is 5.07. The highest BCUT2D eigenvalue weighted by Gasteiger charge is 2.01. The first-order valence-electron chi connectivity index (χ1n) is 5.03. The summed E-state index contributed by atoms with van der Waals surface area (Å²) in [6.45, 7) is 0.371. The van der Waals surface area contributed by atoms with Gasteiger partial charge in [0.25, 0.3) is 0 Å². The van der Waals surface area contributed by atoms with Crippen molar-refractivity contribution in [2.24, 2.45) is 10.9 Å². The van der Waals surface area contributed by atoms with Crippen LogP contribution < -0.4 is 10.5 Å². The number of oxime groups is 1. The maximum Gasteiger partial charge on any atom is 0.170 e. The second-order valence-corrected chi connectivity index (χ2v) is 3.38. The molecule has 0 atom stereocenters. The van der Waals surface area contributed by atoms with E-state index in [9.17, 15) is 0 Å². The van der Waals surface area contributed by atoms with Crippen molar-refractivity contribution in [2.75, 3.05) is 0 Å². The summed E-state index contributed by atoms with van der Waals surface area (Å²) < 4.78 is 10.6. The van der Waals surface area contributed by atoms with E-state index in [4.69, 9.17) is 20.1 Å². The molecule has 0 unspecified atom stereocenters. The summed E-state index contributed by atoms with van der Waals surface area (Å²) in [5.41, 5.74) is 6.08. The predicted molar refractivity (Wildman–Crippen MR) is 62.0 cm³/mol. The molecule has 88 valence electrons. The lowest BCUT2D eigenvalue weighted by atomic mass is 10.2. The first-order valence-corrected chi connectivity index (χ1v) is 5.03. The Kier molecular flexibility index (Phi) is 3.30. The Morgan fingerprint density at radius 2 is 2.06 bits per heavy atom. The molecule has 0 spiro atoms. The number of ether oxygens (including phenoxy) is 1. The van der Waals surface area contributed by atoms with Crippen molar-refractivity contribution < 1.29 is 14.4 Å². The molecule has 0 fully saturated rings. The zero-order valence-electron chi connectivity index (χ0n) is 9.04. The number of nitrogens with two attached hydrogens (primary N) is 1. The minimum atomic E-state index is 0.0718. The molecule has 0 aliphatic rings. The number of hydrogen-bond acceptors (Lipinski definition) is 4. The molecule has 0 aliphatic carbocycles. The van der Waals surface area contributed by atoms with Crippen LogP contribution >= 0.6 is 0 Å². The van der Waals surface area contributed by atoms with Gasteiger partial charge in [0.1, 0.15) is 18.1 Å². The summed E-state index contributed by atoms with van der Waals surface area (Å²) in [7, 11) is 0. The topological polar surface area (TPSA) is 81.0 Å². The first-order chi connectivity index (χ1) is 8.29. The predicted octanol–water partition coefficient (Wildman–Crippen LogP) is 1.95. The number of amidine groups is 1. The van der Waals surface area contributed by atoms with Crippen LogP contribution in [0.5, 0.6) is 5.75 Å². The summed E-state index contributed by atoms with van der Waals surface area (Å²) in [6.07, 6.45) is 1.60. The molecule has 1 heterocycles. The molecule has 3 N–H and O–H groups in total. The zero-order chi connectivity index (χ0) is 12.1. The Balaban J connectivity index is 1.99. The Morgan fingerprint density at radius 3 is 2.65 bits per heavy atom. The fourth-order valence-electron chi connectivity index (χ4n) is 1.33. The lowest BCUT2D eigenvalue weighted by Gasteiger charge is -2.05. The van der Waals surface area contributed by atoms with Gasteiger partial charge in [-0.25, -0.2) is 0 Å². The van der Waals surface area contributed by atoms with Gasteiger partial charge in [0.15, 0.2) is 5.84 Å². The van der Waals surface area contributed by atoms with E-state index in [1.165, 1.54) is 0 Å². The van der Waals surface area contributed by atoms with Crippen molar-refractivity contribution >= 4 is 5.84 Å². The van der Waals surface area contributed by atoms with Crippen LogP contribution in [-0.2, 0) is 6.61 Å². The molecule has 0 bridgehead atoms. The Hall–Kier alpha value is -2.43. The average molecular weight is 232 g/mol. The number of furan rings is 1. The van der Waals surface area contributed by atoms with Gasteiger partial charge in [0, 0.05) is 5.56 Å². The fraction of sp³-hybridized carbons (Fsp3) is 0.0833. The smallest absolute Gasteiger partial charge is 0.170 e. The van der Waals surface area contributed by atoms with Crippen LogP contribution in [0.1, 0.15) is 11.3 Å². The van der Waals surface area contributed by atoms with E-state index < -0.39 is 0 Å². The molecule has 5 heteroatoms. The average Bonchev–Trinajstić information content (AvgIpc) is 2.89. The molecule has 2 aromatic rings. The SMILES string of the molecule is N/C(=N\O)c1ccc(OCc2ccco2)cc1. The van der Waals surface area contributed by atoms with E-state index in [0.717, 1.165) is 5.76 Å². The highest BCUT2D eigenvalue weighted by atomic mass is 16.5. The van der Waals surface area contributed by atoms with Gasteiger partial charge in [-0.2, -0.15) is 0 Å². The largest absolute Gasteiger partial charge is 0.486 e.